The predicted molar refractivity (Wildman–Crippen MR) is 104 cm³/mol. The topological polar surface area (TPSA) is 39.5 Å². The van der Waals surface area contributed by atoms with E-state index >= 15 is 0 Å². The number of quaternary nitrogens is 2. The fourth-order valence-corrected chi connectivity index (χ4v) is 3.89. The number of alkyl halides is 2. The van der Waals surface area contributed by atoms with Gasteiger partial charge in [-0.3, -0.25) is 0 Å². The van der Waals surface area contributed by atoms with Gasteiger partial charge in [0.25, 0.3) is 0 Å². The zero-order chi connectivity index (χ0) is 19.8. The molecule has 1 aliphatic heterocycles. The lowest BCUT2D eigenvalue weighted by atomic mass is 10.0. The van der Waals surface area contributed by atoms with Gasteiger partial charge >= 0.3 is 6.61 Å². The zero-order valence-electron chi connectivity index (χ0n) is 16.4. The number of ether oxygens (including phenoxy) is 2. The van der Waals surface area contributed by atoms with E-state index in [0.29, 0.717) is 11.8 Å². The summed E-state index contributed by atoms with van der Waals surface area (Å²) in [4.78, 5) is 1.66. The summed E-state index contributed by atoms with van der Waals surface area (Å²) in [5.41, 5.74) is 2.48. The Labute approximate surface area is 165 Å². The number of nitrogens with two attached hydrogens (primary N) is 1. The van der Waals surface area contributed by atoms with Crippen molar-refractivity contribution in [1.29, 1.82) is 0 Å². The molecule has 0 aliphatic carbocycles. The maximum Gasteiger partial charge on any atom is 0.387 e. The zero-order valence-corrected chi connectivity index (χ0v) is 16.4. The molecule has 1 saturated heterocycles. The van der Waals surface area contributed by atoms with Gasteiger partial charge in [0.1, 0.15) is 6.54 Å². The van der Waals surface area contributed by atoms with Crippen molar-refractivity contribution in [2.45, 2.75) is 38.5 Å². The fourth-order valence-electron chi connectivity index (χ4n) is 3.89. The van der Waals surface area contributed by atoms with Crippen molar-refractivity contribution in [3.63, 3.8) is 0 Å². The van der Waals surface area contributed by atoms with Crippen LogP contribution in [0.4, 0.5) is 8.78 Å². The van der Waals surface area contributed by atoms with Crippen molar-refractivity contribution in [1.82, 2.24) is 0 Å². The molecule has 0 saturated carbocycles. The normalized spacial score (nSPS) is 19.6. The molecule has 0 radical (unpaired) electrons. The van der Waals surface area contributed by atoms with Crippen LogP contribution in [0.2, 0.25) is 0 Å². The highest BCUT2D eigenvalue weighted by atomic mass is 19.3. The largest absolute Gasteiger partial charge is 0.493 e. The Kier molecular flexibility index (Phi) is 7.62. The lowest BCUT2D eigenvalue weighted by Crippen LogP contribution is -3.13. The minimum atomic E-state index is -2.84. The Bertz CT molecular complexity index is 720. The first-order chi connectivity index (χ1) is 13.6. The Morgan fingerprint density at radius 2 is 1.79 bits per heavy atom. The Balaban J connectivity index is 1.40. The molecule has 3 rings (SSSR count). The third-order valence-electron chi connectivity index (χ3n) is 5.41. The first kappa shape index (κ1) is 20.6. The summed E-state index contributed by atoms with van der Waals surface area (Å²) >= 11 is 0. The second-order valence-electron chi connectivity index (χ2n) is 7.39. The van der Waals surface area contributed by atoms with E-state index in [4.69, 9.17) is 4.74 Å². The number of hydrogen-bond acceptors (Lipinski definition) is 2. The third-order valence-corrected chi connectivity index (χ3v) is 5.41. The SMILES string of the molecule is COc1cc(CC[NH2+]C2CC[NH+](Cc3ccccc3)CC2)ccc1OC(F)F. The van der Waals surface area contributed by atoms with Gasteiger partial charge in [-0.2, -0.15) is 8.78 Å². The van der Waals surface area contributed by atoms with Crippen LogP contribution in [-0.2, 0) is 13.0 Å². The lowest BCUT2D eigenvalue weighted by molar-refractivity contribution is -0.926. The second kappa shape index (κ2) is 10.4. The van der Waals surface area contributed by atoms with Crippen molar-refractivity contribution in [2.24, 2.45) is 0 Å². The van der Waals surface area contributed by atoms with Crippen molar-refractivity contribution in [2.75, 3.05) is 26.7 Å². The third kappa shape index (κ3) is 6.17. The Hall–Kier alpha value is -2.18. The number of nitrogens with one attached hydrogen (secondary N) is 1. The van der Waals surface area contributed by atoms with Crippen molar-refractivity contribution in [3.05, 3.63) is 59.7 Å². The minimum Gasteiger partial charge on any atom is -0.493 e. The van der Waals surface area contributed by atoms with Crippen molar-refractivity contribution >= 4 is 0 Å². The second-order valence-corrected chi connectivity index (χ2v) is 7.39. The maximum atomic E-state index is 12.4. The van der Waals surface area contributed by atoms with Gasteiger partial charge in [0.15, 0.2) is 11.5 Å². The number of hydrogen-bond donors (Lipinski definition) is 2. The van der Waals surface area contributed by atoms with Gasteiger partial charge in [0.2, 0.25) is 0 Å². The molecule has 3 N–H and O–H groups in total. The maximum absolute atomic E-state index is 12.4. The van der Waals surface area contributed by atoms with Gasteiger partial charge in [-0.05, 0) is 17.7 Å². The summed E-state index contributed by atoms with van der Waals surface area (Å²) in [6.45, 7) is 1.67. The van der Waals surface area contributed by atoms with Gasteiger partial charge < -0.3 is 19.7 Å². The molecule has 0 atom stereocenters. The number of benzene rings is 2. The lowest BCUT2D eigenvalue weighted by Gasteiger charge is -2.28. The average molecular weight is 392 g/mol. The van der Waals surface area contributed by atoms with E-state index < -0.39 is 6.61 Å². The first-order valence-electron chi connectivity index (χ1n) is 9.96. The van der Waals surface area contributed by atoms with Crippen LogP contribution in [-0.4, -0.2) is 39.4 Å². The minimum absolute atomic E-state index is 0.0824. The van der Waals surface area contributed by atoms with E-state index in [0.717, 1.165) is 25.1 Å². The highest BCUT2D eigenvalue weighted by Gasteiger charge is 2.24. The van der Waals surface area contributed by atoms with Crippen LogP contribution >= 0.6 is 0 Å². The van der Waals surface area contributed by atoms with Gasteiger partial charge in [-0.1, -0.05) is 36.4 Å². The molecular weight excluding hydrogens is 362 g/mol. The first-order valence-corrected chi connectivity index (χ1v) is 9.96. The van der Waals surface area contributed by atoms with E-state index in [-0.39, 0.29) is 5.75 Å². The average Bonchev–Trinajstić information content (AvgIpc) is 2.71. The molecule has 1 heterocycles. The molecule has 0 aromatic heterocycles. The van der Waals surface area contributed by atoms with Crippen LogP contribution in [0.15, 0.2) is 48.5 Å². The summed E-state index contributed by atoms with van der Waals surface area (Å²) in [7, 11) is 1.47. The number of piperidine rings is 1. The Morgan fingerprint density at radius 1 is 1.04 bits per heavy atom. The molecule has 2 aromatic carbocycles. The number of methoxy groups -OCH3 is 1. The number of halogens is 2. The van der Waals surface area contributed by atoms with Crippen molar-refractivity contribution < 1.29 is 28.5 Å². The highest BCUT2D eigenvalue weighted by Crippen LogP contribution is 2.29. The smallest absolute Gasteiger partial charge is 0.387 e. The summed E-state index contributed by atoms with van der Waals surface area (Å²) in [5.74, 6) is 0.439. The summed E-state index contributed by atoms with van der Waals surface area (Å²) < 4.78 is 34.5. The Morgan fingerprint density at radius 3 is 2.46 bits per heavy atom. The standard InChI is InChI=1S/C22H28F2N2O2/c1-27-21-15-17(7-8-20(21)28-22(23)24)9-12-25-19-10-13-26(14-11-19)16-18-5-3-2-4-6-18/h2-8,15,19,22,25H,9-14,16H2,1H3/p+2. The predicted octanol–water partition coefficient (Wildman–Crippen LogP) is 1.65. The molecule has 0 amide bonds. The molecule has 152 valence electrons. The molecule has 1 aliphatic rings. The van der Waals surface area contributed by atoms with E-state index in [1.807, 2.05) is 6.07 Å². The van der Waals surface area contributed by atoms with E-state index in [9.17, 15) is 8.78 Å². The van der Waals surface area contributed by atoms with Crippen LogP contribution < -0.4 is 19.7 Å². The fraction of sp³-hybridized carbons (Fsp3) is 0.455. The summed E-state index contributed by atoms with van der Waals surface area (Å²) in [6, 6.07) is 16.5. The quantitative estimate of drug-likeness (QED) is 0.681. The molecule has 6 heteroatoms. The van der Waals surface area contributed by atoms with Gasteiger partial charge in [0.05, 0.1) is 32.8 Å². The van der Waals surface area contributed by atoms with E-state index in [1.165, 1.54) is 38.6 Å². The molecule has 4 nitrogen and oxygen atoms in total. The van der Waals surface area contributed by atoms with Crippen LogP contribution in [0.1, 0.15) is 24.0 Å². The van der Waals surface area contributed by atoms with Gasteiger partial charge in [-0.15, -0.1) is 0 Å². The molecule has 0 spiro atoms. The van der Waals surface area contributed by atoms with E-state index in [1.54, 1.807) is 17.0 Å². The number of likely N-dealkylation sites (tertiary alicyclic amines) is 1. The molecule has 0 unspecified atom stereocenters. The molecule has 2 aromatic rings. The molecule has 1 fully saturated rings. The van der Waals surface area contributed by atoms with Gasteiger partial charge in [-0.25, -0.2) is 0 Å². The molecular formula is C22H30F2N2O2+2. The molecule has 28 heavy (non-hydrogen) atoms. The molecule has 0 bridgehead atoms. The van der Waals surface area contributed by atoms with Gasteiger partial charge in [0, 0.05) is 24.8 Å². The summed E-state index contributed by atoms with van der Waals surface area (Å²) in [6.07, 6.45) is 3.34. The highest BCUT2D eigenvalue weighted by molar-refractivity contribution is 5.43. The van der Waals surface area contributed by atoms with E-state index in [2.05, 4.69) is 40.4 Å². The van der Waals surface area contributed by atoms with Crippen LogP contribution in [0, 0.1) is 0 Å². The van der Waals surface area contributed by atoms with Crippen LogP contribution in [0.25, 0.3) is 0 Å². The number of rotatable bonds is 9. The monoisotopic (exact) mass is 392 g/mol. The van der Waals surface area contributed by atoms with Crippen LogP contribution in [0.5, 0.6) is 11.5 Å². The van der Waals surface area contributed by atoms with Crippen LogP contribution in [0.3, 0.4) is 0 Å². The van der Waals surface area contributed by atoms with Crippen molar-refractivity contribution in [3.8, 4) is 11.5 Å². The summed E-state index contributed by atoms with van der Waals surface area (Å²) in [5, 5.41) is 2.43.